The van der Waals surface area contributed by atoms with E-state index in [1.807, 2.05) is 0 Å². The molecule has 0 bridgehead atoms. The molecule has 0 spiro atoms. The molecule has 0 N–H and O–H groups in total. The molecule has 0 unspecified atom stereocenters. The molecule has 2 aliphatic rings. The maximum Gasteiger partial charge on any atom is 0.0464 e. The summed E-state index contributed by atoms with van der Waals surface area (Å²) in [5.41, 5.74) is 23.6. The topological polar surface area (TPSA) is 9.72 Å². The lowest BCUT2D eigenvalue weighted by molar-refractivity contribution is 0.685. The first-order valence-electron chi connectivity index (χ1n) is 25.6. The molecule has 9 aromatic rings. The lowest BCUT2D eigenvalue weighted by Gasteiger charge is -2.27. The van der Waals surface area contributed by atoms with Crippen molar-refractivity contribution in [1.29, 1.82) is 0 Å². The Morgan fingerprint density at radius 3 is 0.873 bits per heavy atom. The zero-order valence-electron chi connectivity index (χ0n) is 41.0. The highest BCUT2D eigenvalue weighted by molar-refractivity contribution is 5.83. The van der Waals surface area contributed by atoms with E-state index in [4.69, 9.17) is 0 Å². The highest BCUT2D eigenvalue weighted by Crippen LogP contribution is 2.40. The van der Waals surface area contributed by atoms with Crippen LogP contribution >= 0.6 is 0 Å². The van der Waals surface area contributed by atoms with Crippen molar-refractivity contribution in [3.63, 3.8) is 0 Å². The van der Waals surface area contributed by atoms with E-state index in [2.05, 4.69) is 265 Å². The van der Waals surface area contributed by atoms with Crippen molar-refractivity contribution in [3.05, 3.63) is 268 Å². The van der Waals surface area contributed by atoms with Crippen LogP contribution in [0.3, 0.4) is 0 Å². The molecule has 2 aliphatic carbocycles. The van der Waals surface area contributed by atoms with E-state index in [9.17, 15) is 0 Å². The normalized spacial score (nSPS) is 13.2. The minimum Gasteiger partial charge on any atom is -0.310 e. The molecule has 348 valence electrons. The molecule has 71 heavy (non-hydrogen) atoms. The summed E-state index contributed by atoms with van der Waals surface area (Å²) in [4.78, 5) is 7.11. The van der Waals surface area contributed by atoms with E-state index in [0.717, 1.165) is 63.5 Å². The number of benzene rings is 9. The Labute approximate surface area is 421 Å². The molecule has 0 aliphatic heterocycles. The van der Waals surface area contributed by atoms with Gasteiger partial charge in [0, 0.05) is 51.2 Å². The van der Waals surface area contributed by atoms with Crippen molar-refractivity contribution in [2.45, 2.75) is 65.2 Å². The van der Waals surface area contributed by atoms with Gasteiger partial charge in [-0.15, -0.1) is 0 Å². The molecule has 9 aromatic carbocycles. The van der Waals surface area contributed by atoms with Gasteiger partial charge in [0.05, 0.1) is 0 Å². The van der Waals surface area contributed by atoms with Crippen LogP contribution in [0.15, 0.2) is 212 Å². The van der Waals surface area contributed by atoms with Crippen LogP contribution in [-0.4, -0.2) is 0 Å². The molecular formula is C68H61N3. The maximum absolute atomic E-state index is 2.41. The average molecular weight is 920 g/mol. The number of hydrogen-bond donors (Lipinski definition) is 0. The molecule has 3 heteroatoms. The van der Waals surface area contributed by atoms with Crippen LogP contribution < -0.4 is 14.7 Å². The Balaban J connectivity index is 0.800. The van der Waals surface area contributed by atoms with Crippen molar-refractivity contribution in [1.82, 2.24) is 0 Å². The highest BCUT2D eigenvalue weighted by Gasteiger charge is 2.19. The zero-order chi connectivity index (χ0) is 47.9. The van der Waals surface area contributed by atoms with Crippen molar-refractivity contribution in [3.8, 4) is 0 Å². The van der Waals surface area contributed by atoms with Gasteiger partial charge in [-0.05, 0) is 230 Å². The van der Waals surface area contributed by atoms with Gasteiger partial charge < -0.3 is 14.7 Å². The van der Waals surface area contributed by atoms with Crippen LogP contribution in [0.4, 0.5) is 51.2 Å². The Morgan fingerprint density at radius 2 is 0.535 bits per heavy atom. The minimum atomic E-state index is 1.11. The van der Waals surface area contributed by atoms with Crippen molar-refractivity contribution >= 4 is 75.5 Å². The van der Waals surface area contributed by atoms with E-state index in [-0.39, 0.29) is 0 Å². The van der Waals surface area contributed by atoms with Gasteiger partial charge >= 0.3 is 0 Å². The molecule has 0 saturated heterocycles. The third-order valence-electron chi connectivity index (χ3n) is 14.5. The maximum atomic E-state index is 2.41. The van der Waals surface area contributed by atoms with Crippen LogP contribution in [-0.2, 0) is 25.7 Å². The molecule has 0 heterocycles. The summed E-state index contributed by atoms with van der Waals surface area (Å²) in [7, 11) is 0. The van der Waals surface area contributed by atoms with E-state index < -0.39 is 0 Å². The Bertz CT molecular complexity index is 3100. The molecule has 0 amide bonds. The summed E-state index contributed by atoms with van der Waals surface area (Å²) in [6, 6.07) is 77.9. The second-order valence-electron chi connectivity index (χ2n) is 19.3. The second-order valence-corrected chi connectivity index (χ2v) is 19.3. The quantitative estimate of drug-likeness (QED) is 0.107. The number of para-hydroxylation sites is 2. The zero-order valence-corrected chi connectivity index (χ0v) is 41.0. The predicted molar refractivity (Wildman–Crippen MR) is 304 cm³/mol. The fourth-order valence-electron chi connectivity index (χ4n) is 10.4. The number of anilines is 9. The monoisotopic (exact) mass is 919 g/mol. The highest BCUT2D eigenvalue weighted by atomic mass is 15.2. The van der Waals surface area contributed by atoms with Crippen LogP contribution in [0, 0.1) is 13.8 Å². The lowest BCUT2D eigenvalue weighted by atomic mass is 9.91. The Morgan fingerprint density at radius 1 is 0.254 bits per heavy atom. The van der Waals surface area contributed by atoms with Gasteiger partial charge in [0.25, 0.3) is 0 Å². The SMILES string of the molecule is Cc1ccc(N(c2ccc(C=Cc3ccc(N(c4ccccc4)c4ccc5c(c4)CCCC5)cc3)cc2)c2ccc(C=Cc3ccc(N(c4ccccc4)c4ccc5c(c4)CCCC5)cc3)cc2)cc1C. The smallest absolute Gasteiger partial charge is 0.0464 e. The number of aryl methyl sites for hydroxylation is 6. The first kappa shape index (κ1) is 45.3. The van der Waals surface area contributed by atoms with Crippen LogP contribution in [0.2, 0.25) is 0 Å². The van der Waals surface area contributed by atoms with Crippen molar-refractivity contribution in [2.75, 3.05) is 14.7 Å². The lowest BCUT2D eigenvalue weighted by Crippen LogP contribution is -2.11. The Hall–Kier alpha value is -8.14. The minimum absolute atomic E-state index is 1.11. The summed E-state index contributed by atoms with van der Waals surface area (Å²) in [5, 5.41) is 0. The molecule has 0 radical (unpaired) electrons. The molecule has 0 aromatic heterocycles. The molecule has 0 saturated carbocycles. The van der Waals surface area contributed by atoms with E-state index in [1.165, 1.54) is 94.7 Å². The third kappa shape index (κ3) is 10.3. The molecule has 0 atom stereocenters. The summed E-state index contributed by atoms with van der Waals surface area (Å²) in [6.45, 7) is 4.37. The standard InChI is InChI=1S/C68H61N3/c1-50-21-36-66(47-51(50)2)71(64-41-30-54(31-42-64)24-22-52-26-37-62(38-27-52)69(60-17-5-3-6-18-60)67-45-34-56-13-9-11-15-58(56)48-67)65-43-32-55(33-44-65)25-23-53-28-39-63(40-29-53)70(61-19-7-4-8-20-61)68-46-35-57-14-10-12-16-59(57)49-68/h3-8,17-49H,9-16H2,1-2H3. The predicted octanol–water partition coefficient (Wildman–Crippen LogP) is 18.8. The van der Waals surface area contributed by atoms with E-state index in [1.54, 1.807) is 0 Å². The fraction of sp³-hybridized carbons (Fsp3) is 0.147. The first-order valence-corrected chi connectivity index (χ1v) is 25.6. The number of rotatable bonds is 13. The van der Waals surface area contributed by atoms with Crippen LogP contribution in [0.5, 0.6) is 0 Å². The summed E-state index contributed by atoms with van der Waals surface area (Å²) in [6.07, 6.45) is 18.7. The summed E-state index contributed by atoms with van der Waals surface area (Å²) >= 11 is 0. The van der Waals surface area contributed by atoms with Crippen LogP contribution in [0.25, 0.3) is 24.3 Å². The van der Waals surface area contributed by atoms with Gasteiger partial charge in [-0.2, -0.15) is 0 Å². The molecule has 11 rings (SSSR count). The Kier molecular flexibility index (Phi) is 13.3. The van der Waals surface area contributed by atoms with Gasteiger partial charge in [0.1, 0.15) is 0 Å². The van der Waals surface area contributed by atoms with Gasteiger partial charge in [-0.1, -0.05) is 127 Å². The van der Waals surface area contributed by atoms with E-state index >= 15 is 0 Å². The van der Waals surface area contributed by atoms with Gasteiger partial charge in [-0.3, -0.25) is 0 Å². The van der Waals surface area contributed by atoms with Crippen LogP contribution in [0.1, 0.15) is 81.3 Å². The molecule has 3 nitrogen and oxygen atoms in total. The first-order chi connectivity index (χ1) is 35.0. The fourth-order valence-corrected chi connectivity index (χ4v) is 10.4. The van der Waals surface area contributed by atoms with Gasteiger partial charge in [0.2, 0.25) is 0 Å². The van der Waals surface area contributed by atoms with Crippen molar-refractivity contribution in [2.24, 2.45) is 0 Å². The second kappa shape index (κ2) is 20.8. The summed E-state index contributed by atoms with van der Waals surface area (Å²) < 4.78 is 0. The third-order valence-corrected chi connectivity index (χ3v) is 14.5. The van der Waals surface area contributed by atoms with E-state index in [0.29, 0.717) is 0 Å². The summed E-state index contributed by atoms with van der Waals surface area (Å²) in [5.74, 6) is 0. The number of fused-ring (bicyclic) bond motifs is 2. The number of nitrogens with zero attached hydrogens (tertiary/aromatic N) is 3. The molecular weight excluding hydrogens is 859 g/mol. The van der Waals surface area contributed by atoms with Gasteiger partial charge in [0.15, 0.2) is 0 Å². The van der Waals surface area contributed by atoms with Gasteiger partial charge in [-0.25, -0.2) is 0 Å². The largest absolute Gasteiger partial charge is 0.310 e. The van der Waals surface area contributed by atoms with Crippen molar-refractivity contribution < 1.29 is 0 Å². The average Bonchev–Trinajstić information content (AvgIpc) is 3.43. The number of hydrogen-bond acceptors (Lipinski definition) is 3. The molecule has 0 fully saturated rings.